The van der Waals surface area contributed by atoms with Gasteiger partial charge in [-0.1, -0.05) is 12.2 Å². The average Bonchev–Trinajstić information content (AvgIpc) is 2.66. The molecule has 0 amide bonds. The molecule has 13 heavy (non-hydrogen) atoms. The Morgan fingerprint density at radius 1 is 1.08 bits per heavy atom. The van der Waals surface area contributed by atoms with Gasteiger partial charge in [0.25, 0.3) is 0 Å². The third kappa shape index (κ3) is 1.20. The summed E-state index contributed by atoms with van der Waals surface area (Å²) in [5.74, 6) is 2.38. The highest BCUT2D eigenvalue weighted by molar-refractivity contribution is 7.75. The molecule has 0 N–H and O–H groups in total. The van der Waals surface area contributed by atoms with E-state index in [-0.39, 0.29) is 0 Å². The second-order valence-corrected chi connectivity index (χ2v) is 4.93. The van der Waals surface area contributed by atoms with E-state index in [2.05, 4.69) is 12.2 Å². The lowest BCUT2D eigenvalue weighted by atomic mass is 9.84. The van der Waals surface area contributed by atoms with Crippen molar-refractivity contribution in [2.24, 2.45) is 23.7 Å². The van der Waals surface area contributed by atoms with Crippen molar-refractivity contribution in [1.82, 2.24) is 0 Å². The third-order valence-corrected chi connectivity index (χ3v) is 4.17. The van der Waals surface area contributed by atoms with Crippen molar-refractivity contribution >= 4 is 11.4 Å². The summed E-state index contributed by atoms with van der Waals surface area (Å²) in [5, 5.41) is 0. The first kappa shape index (κ1) is 8.15. The Hall–Kier alpha value is -0.190. The molecule has 72 valence electrons. The van der Waals surface area contributed by atoms with E-state index in [1.165, 1.54) is 6.42 Å². The summed E-state index contributed by atoms with van der Waals surface area (Å²) in [6, 6.07) is 0. The van der Waals surface area contributed by atoms with Crippen molar-refractivity contribution < 1.29 is 12.6 Å². The lowest BCUT2D eigenvalue weighted by Crippen LogP contribution is -2.24. The number of hydrogen-bond donors (Lipinski definition) is 0. The van der Waals surface area contributed by atoms with Crippen LogP contribution in [0.15, 0.2) is 12.2 Å². The van der Waals surface area contributed by atoms with Gasteiger partial charge in [0.05, 0.1) is 13.2 Å². The van der Waals surface area contributed by atoms with Gasteiger partial charge in [0.15, 0.2) is 0 Å². The molecule has 0 spiro atoms. The van der Waals surface area contributed by atoms with E-state index in [1.54, 1.807) is 0 Å². The fourth-order valence-corrected chi connectivity index (χ4v) is 3.43. The molecule has 1 saturated heterocycles. The summed E-state index contributed by atoms with van der Waals surface area (Å²) in [5.41, 5.74) is 0. The molecule has 1 heterocycles. The van der Waals surface area contributed by atoms with E-state index >= 15 is 0 Å². The van der Waals surface area contributed by atoms with Crippen LogP contribution >= 0.6 is 0 Å². The maximum Gasteiger partial charge on any atom is 0.304 e. The zero-order chi connectivity index (χ0) is 8.84. The van der Waals surface area contributed by atoms with E-state index in [4.69, 9.17) is 8.37 Å². The van der Waals surface area contributed by atoms with Crippen LogP contribution < -0.4 is 0 Å². The van der Waals surface area contributed by atoms with Crippen LogP contribution in [0.4, 0.5) is 0 Å². The van der Waals surface area contributed by atoms with Crippen LogP contribution in [-0.2, 0) is 19.7 Å². The van der Waals surface area contributed by atoms with Crippen LogP contribution in [0, 0.1) is 23.7 Å². The molecule has 2 bridgehead atoms. The molecule has 1 saturated carbocycles. The molecule has 0 aromatic heterocycles. The highest BCUT2D eigenvalue weighted by Gasteiger charge is 2.46. The number of hydrogen-bond acceptors (Lipinski definition) is 3. The highest BCUT2D eigenvalue weighted by Crippen LogP contribution is 2.48. The first-order valence-corrected chi connectivity index (χ1v) is 5.71. The Bertz CT molecular complexity index is 252. The van der Waals surface area contributed by atoms with Crippen LogP contribution in [0.1, 0.15) is 6.42 Å². The SMILES string of the molecule is O=S1OC[C@@H]2[C@H](CO1)[C@@H]1C=C[C@@H]2C1. The minimum absolute atomic E-state index is 0.543. The van der Waals surface area contributed by atoms with E-state index in [0.29, 0.717) is 36.9 Å². The van der Waals surface area contributed by atoms with Gasteiger partial charge >= 0.3 is 11.4 Å². The van der Waals surface area contributed by atoms with Crippen LogP contribution in [-0.4, -0.2) is 17.4 Å². The molecule has 1 unspecified atom stereocenters. The van der Waals surface area contributed by atoms with E-state index in [1.807, 2.05) is 0 Å². The highest BCUT2D eigenvalue weighted by atomic mass is 32.2. The van der Waals surface area contributed by atoms with Gasteiger partial charge < -0.3 is 0 Å². The minimum atomic E-state index is -1.50. The van der Waals surface area contributed by atoms with Crippen molar-refractivity contribution in [1.29, 1.82) is 0 Å². The Kier molecular flexibility index (Phi) is 1.82. The number of allylic oxidation sites excluding steroid dienone is 2. The molecule has 2 aliphatic carbocycles. The monoisotopic (exact) mass is 200 g/mol. The summed E-state index contributed by atoms with van der Waals surface area (Å²) >= 11 is -1.50. The Morgan fingerprint density at radius 3 is 2.15 bits per heavy atom. The first-order valence-electron chi connectivity index (χ1n) is 4.71. The molecule has 0 radical (unpaired) electrons. The lowest BCUT2D eigenvalue weighted by Gasteiger charge is -2.22. The standard InChI is InChI=1S/C9H12O3S/c10-13-11-4-8-6-1-2-7(3-6)9(8)5-12-13/h1-2,6-9H,3-5H2/t6-,7-,8-,9+,13?/m1/s1. The summed E-state index contributed by atoms with van der Waals surface area (Å²) in [6.07, 6.45) is 5.81. The van der Waals surface area contributed by atoms with Crippen molar-refractivity contribution in [3.8, 4) is 0 Å². The molecule has 3 aliphatic rings. The first-order chi connectivity index (χ1) is 6.34. The van der Waals surface area contributed by atoms with Crippen molar-refractivity contribution in [2.45, 2.75) is 6.42 Å². The number of rotatable bonds is 0. The van der Waals surface area contributed by atoms with Crippen molar-refractivity contribution in [3.05, 3.63) is 12.2 Å². The van der Waals surface area contributed by atoms with Gasteiger partial charge in [-0.2, -0.15) is 4.21 Å². The molecule has 2 fully saturated rings. The van der Waals surface area contributed by atoms with Crippen LogP contribution in [0.3, 0.4) is 0 Å². The van der Waals surface area contributed by atoms with E-state index in [9.17, 15) is 4.21 Å². The maximum atomic E-state index is 11.0. The van der Waals surface area contributed by atoms with Gasteiger partial charge in [-0.15, -0.1) is 0 Å². The minimum Gasteiger partial charge on any atom is -0.268 e. The Balaban J connectivity index is 1.85. The lowest BCUT2D eigenvalue weighted by molar-refractivity contribution is 0.197. The fourth-order valence-electron chi connectivity index (χ4n) is 2.82. The molecular weight excluding hydrogens is 188 g/mol. The second-order valence-electron chi connectivity index (χ2n) is 4.05. The van der Waals surface area contributed by atoms with Crippen molar-refractivity contribution in [3.63, 3.8) is 0 Å². The summed E-state index contributed by atoms with van der Waals surface area (Å²) in [7, 11) is 0. The van der Waals surface area contributed by atoms with Gasteiger partial charge in [0.2, 0.25) is 0 Å². The molecule has 0 aromatic rings. The summed E-state index contributed by atoms with van der Waals surface area (Å²) in [6.45, 7) is 1.20. The number of fused-ring (bicyclic) bond motifs is 5. The third-order valence-electron chi connectivity index (χ3n) is 3.51. The smallest absolute Gasteiger partial charge is 0.268 e. The Morgan fingerprint density at radius 2 is 1.62 bits per heavy atom. The predicted molar refractivity (Wildman–Crippen MR) is 47.8 cm³/mol. The quantitative estimate of drug-likeness (QED) is 0.548. The van der Waals surface area contributed by atoms with E-state index < -0.39 is 11.4 Å². The summed E-state index contributed by atoms with van der Waals surface area (Å²) in [4.78, 5) is 0. The van der Waals surface area contributed by atoms with Gasteiger partial charge in [0.1, 0.15) is 0 Å². The van der Waals surface area contributed by atoms with Crippen LogP contribution in [0.25, 0.3) is 0 Å². The molecule has 3 nitrogen and oxygen atoms in total. The van der Waals surface area contributed by atoms with Gasteiger partial charge in [-0.05, 0) is 30.1 Å². The van der Waals surface area contributed by atoms with E-state index in [0.717, 1.165) is 0 Å². The topological polar surface area (TPSA) is 35.5 Å². The Labute approximate surface area is 80.0 Å². The molecule has 0 aromatic carbocycles. The zero-order valence-electron chi connectivity index (χ0n) is 7.22. The summed E-state index contributed by atoms with van der Waals surface area (Å²) < 4.78 is 21.2. The average molecular weight is 200 g/mol. The fraction of sp³-hybridized carbons (Fsp3) is 0.778. The van der Waals surface area contributed by atoms with Crippen LogP contribution in [0.5, 0.6) is 0 Å². The largest absolute Gasteiger partial charge is 0.304 e. The molecule has 1 aliphatic heterocycles. The van der Waals surface area contributed by atoms with Gasteiger partial charge in [0, 0.05) is 0 Å². The molecular formula is C9H12O3S. The van der Waals surface area contributed by atoms with Gasteiger partial charge in [-0.25, -0.2) is 0 Å². The van der Waals surface area contributed by atoms with Gasteiger partial charge in [-0.3, -0.25) is 8.37 Å². The molecule has 3 rings (SSSR count). The predicted octanol–water partition coefficient (Wildman–Crippen LogP) is 1.05. The van der Waals surface area contributed by atoms with Crippen molar-refractivity contribution in [2.75, 3.05) is 13.2 Å². The molecule has 5 atom stereocenters. The maximum absolute atomic E-state index is 11.0. The second kappa shape index (κ2) is 2.90. The van der Waals surface area contributed by atoms with Crippen LogP contribution in [0.2, 0.25) is 0 Å². The molecule has 4 heteroatoms. The normalized spacial score (nSPS) is 53.4. The zero-order valence-corrected chi connectivity index (χ0v) is 8.03.